The fourth-order valence-electron chi connectivity index (χ4n) is 3.28. The number of nitrogens with two attached hydrogens (primary N) is 1. The smallest absolute Gasteiger partial charge is 0.123 e. The second kappa shape index (κ2) is 7.19. The van der Waals surface area contributed by atoms with E-state index in [1.807, 2.05) is 12.1 Å². The Kier molecular flexibility index (Phi) is 5.55. The van der Waals surface area contributed by atoms with E-state index in [1.165, 1.54) is 31.2 Å². The van der Waals surface area contributed by atoms with Crippen molar-refractivity contribution < 1.29 is 4.39 Å². The van der Waals surface area contributed by atoms with Gasteiger partial charge in [-0.15, -0.1) is 0 Å². The molecular weight excluding hydrogens is 251 g/mol. The molecule has 3 heteroatoms. The monoisotopic (exact) mass is 278 g/mol. The lowest BCUT2D eigenvalue weighted by Gasteiger charge is -2.36. The van der Waals surface area contributed by atoms with Gasteiger partial charge >= 0.3 is 0 Å². The van der Waals surface area contributed by atoms with Crippen LogP contribution in [0.5, 0.6) is 0 Å². The van der Waals surface area contributed by atoms with Gasteiger partial charge in [0.1, 0.15) is 5.82 Å². The maximum Gasteiger partial charge on any atom is 0.123 e. The van der Waals surface area contributed by atoms with Crippen molar-refractivity contribution in [3.8, 4) is 0 Å². The van der Waals surface area contributed by atoms with Crippen LogP contribution >= 0.6 is 0 Å². The van der Waals surface area contributed by atoms with Gasteiger partial charge in [-0.05, 0) is 48.9 Å². The predicted molar refractivity (Wildman–Crippen MR) is 81.9 cm³/mol. The molecule has 1 saturated carbocycles. The van der Waals surface area contributed by atoms with E-state index >= 15 is 0 Å². The molecule has 0 radical (unpaired) electrons. The molecule has 3 unspecified atom stereocenters. The first-order chi connectivity index (χ1) is 9.61. The van der Waals surface area contributed by atoms with E-state index in [4.69, 9.17) is 5.73 Å². The lowest BCUT2D eigenvalue weighted by molar-refractivity contribution is 0.229. The molecule has 0 aliphatic heterocycles. The van der Waals surface area contributed by atoms with Crippen molar-refractivity contribution >= 4 is 0 Å². The molecule has 20 heavy (non-hydrogen) atoms. The quantitative estimate of drug-likeness (QED) is 0.863. The topological polar surface area (TPSA) is 38.0 Å². The minimum atomic E-state index is -0.172. The van der Waals surface area contributed by atoms with Gasteiger partial charge in [-0.1, -0.05) is 38.8 Å². The van der Waals surface area contributed by atoms with Gasteiger partial charge in [-0.3, -0.25) is 0 Å². The Morgan fingerprint density at radius 1 is 1.20 bits per heavy atom. The summed E-state index contributed by atoms with van der Waals surface area (Å²) < 4.78 is 13.1. The SMILES string of the molecule is CC(C)C(NC1CCCCC1CN)c1ccc(F)cc1. The highest BCUT2D eigenvalue weighted by atomic mass is 19.1. The molecule has 3 atom stereocenters. The normalized spacial score (nSPS) is 24.9. The molecule has 0 bridgehead atoms. The van der Waals surface area contributed by atoms with Crippen molar-refractivity contribution in [3.63, 3.8) is 0 Å². The second-order valence-corrected chi connectivity index (χ2v) is 6.33. The summed E-state index contributed by atoms with van der Waals surface area (Å²) in [7, 11) is 0. The van der Waals surface area contributed by atoms with E-state index in [1.54, 1.807) is 12.1 Å². The van der Waals surface area contributed by atoms with Crippen LogP contribution < -0.4 is 11.1 Å². The first-order valence-electron chi connectivity index (χ1n) is 7.83. The molecular formula is C17H27FN2. The Morgan fingerprint density at radius 2 is 1.85 bits per heavy atom. The van der Waals surface area contributed by atoms with Gasteiger partial charge in [0, 0.05) is 12.1 Å². The summed E-state index contributed by atoms with van der Waals surface area (Å²) in [5.74, 6) is 0.875. The van der Waals surface area contributed by atoms with E-state index in [0.29, 0.717) is 17.9 Å². The Morgan fingerprint density at radius 3 is 2.45 bits per heavy atom. The molecule has 0 heterocycles. The van der Waals surface area contributed by atoms with Gasteiger partial charge in [0.15, 0.2) is 0 Å². The zero-order chi connectivity index (χ0) is 14.5. The van der Waals surface area contributed by atoms with E-state index in [2.05, 4.69) is 19.2 Å². The average molecular weight is 278 g/mol. The Labute approximate surface area is 121 Å². The summed E-state index contributed by atoms with van der Waals surface area (Å²) in [6.07, 6.45) is 5.00. The predicted octanol–water partition coefficient (Wildman–Crippen LogP) is 3.63. The van der Waals surface area contributed by atoms with Crippen LogP contribution in [0, 0.1) is 17.7 Å². The summed E-state index contributed by atoms with van der Waals surface area (Å²) in [5.41, 5.74) is 7.08. The van der Waals surface area contributed by atoms with Crippen LogP contribution in [0.2, 0.25) is 0 Å². The van der Waals surface area contributed by atoms with Crippen LogP contribution in [0.4, 0.5) is 4.39 Å². The van der Waals surface area contributed by atoms with Crippen LogP contribution in [0.1, 0.15) is 51.1 Å². The molecule has 2 nitrogen and oxygen atoms in total. The van der Waals surface area contributed by atoms with Gasteiger partial charge in [0.05, 0.1) is 0 Å². The third kappa shape index (κ3) is 3.80. The standard InChI is InChI=1S/C17H27FN2/c1-12(2)17(13-7-9-15(18)10-8-13)20-16-6-4-3-5-14(16)11-19/h7-10,12,14,16-17,20H,3-6,11,19H2,1-2H3. The molecule has 1 fully saturated rings. The number of hydrogen-bond donors (Lipinski definition) is 2. The molecule has 1 aliphatic rings. The summed E-state index contributed by atoms with van der Waals surface area (Å²) in [5, 5.41) is 3.79. The summed E-state index contributed by atoms with van der Waals surface area (Å²) in [6, 6.07) is 7.65. The zero-order valence-electron chi connectivity index (χ0n) is 12.6. The first-order valence-corrected chi connectivity index (χ1v) is 7.83. The average Bonchev–Trinajstić information content (AvgIpc) is 2.46. The van der Waals surface area contributed by atoms with Crippen molar-refractivity contribution in [2.24, 2.45) is 17.6 Å². The van der Waals surface area contributed by atoms with Crippen molar-refractivity contribution in [2.75, 3.05) is 6.54 Å². The Hall–Kier alpha value is -0.930. The largest absolute Gasteiger partial charge is 0.330 e. The van der Waals surface area contributed by atoms with Crippen LogP contribution in [0.15, 0.2) is 24.3 Å². The van der Waals surface area contributed by atoms with Crippen LogP contribution in [0.25, 0.3) is 0 Å². The van der Waals surface area contributed by atoms with Gasteiger partial charge in [0.25, 0.3) is 0 Å². The summed E-state index contributed by atoms with van der Waals surface area (Å²) >= 11 is 0. The maximum atomic E-state index is 13.1. The minimum Gasteiger partial charge on any atom is -0.330 e. The number of halogens is 1. The molecule has 1 aromatic rings. The third-order valence-corrected chi connectivity index (χ3v) is 4.50. The fraction of sp³-hybridized carbons (Fsp3) is 0.647. The molecule has 1 aliphatic carbocycles. The van der Waals surface area contributed by atoms with Crippen molar-refractivity contribution in [3.05, 3.63) is 35.6 Å². The number of rotatable bonds is 5. The van der Waals surface area contributed by atoms with Crippen molar-refractivity contribution in [1.29, 1.82) is 0 Å². The van der Waals surface area contributed by atoms with Crippen LogP contribution in [0.3, 0.4) is 0 Å². The second-order valence-electron chi connectivity index (χ2n) is 6.33. The lowest BCUT2D eigenvalue weighted by Crippen LogP contribution is -2.44. The Balaban J connectivity index is 2.10. The maximum absolute atomic E-state index is 13.1. The van der Waals surface area contributed by atoms with E-state index in [-0.39, 0.29) is 11.9 Å². The van der Waals surface area contributed by atoms with E-state index < -0.39 is 0 Å². The van der Waals surface area contributed by atoms with E-state index in [0.717, 1.165) is 6.54 Å². The molecule has 112 valence electrons. The van der Waals surface area contributed by atoms with Crippen LogP contribution in [-0.4, -0.2) is 12.6 Å². The minimum absolute atomic E-state index is 0.172. The fourth-order valence-corrected chi connectivity index (χ4v) is 3.28. The molecule has 2 rings (SSSR count). The molecule has 1 aromatic carbocycles. The number of hydrogen-bond acceptors (Lipinski definition) is 2. The molecule has 0 spiro atoms. The lowest BCUT2D eigenvalue weighted by atomic mass is 9.83. The third-order valence-electron chi connectivity index (χ3n) is 4.50. The summed E-state index contributed by atoms with van der Waals surface area (Å²) in [6.45, 7) is 5.18. The number of nitrogens with one attached hydrogen (secondary N) is 1. The zero-order valence-corrected chi connectivity index (χ0v) is 12.6. The van der Waals surface area contributed by atoms with Gasteiger partial charge in [0.2, 0.25) is 0 Å². The van der Waals surface area contributed by atoms with Gasteiger partial charge in [-0.2, -0.15) is 0 Å². The highest BCUT2D eigenvalue weighted by molar-refractivity contribution is 5.20. The van der Waals surface area contributed by atoms with Crippen molar-refractivity contribution in [1.82, 2.24) is 5.32 Å². The molecule has 0 amide bonds. The van der Waals surface area contributed by atoms with Crippen molar-refractivity contribution in [2.45, 2.75) is 51.6 Å². The Bertz CT molecular complexity index is 402. The molecule has 0 saturated heterocycles. The van der Waals surface area contributed by atoms with Gasteiger partial charge < -0.3 is 11.1 Å². The summed E-state index contributed by atoms with van der Waals surface area (Å²) in [4.78, 5) is 0. The van der Waals surface area contributed by atoms with Crippen LogP contribution in [-0.2, 0) is 0 Å². The first kappa shape index (κ1) is 15.5. The molecule has 0 aromatic heterocycles. The highest BCUT2D eigenvalue weighted by Gasteiger charge is 2.27. The van der Waals surface area contributed by atoms with Gasteiger partial charge in [-0.25, -0.2) is 4.39 Å². The molecule has 3 N–H and O–H groups in total. The van der Waals surface area contributed by atoms with E-state index in [9.17, 15) is 4.39 Å². The highest BCUT2D eigenvalue weighted by Crippen LogP contribution is 2.29. The number of benzene rings is 1.